The maximum Gasteiger partial charge on any atom is 0.131 e. The minimum absolute atomic E-state index is 0.845. The molecule has 2 aromatic rings. The average Bonchev–Trinajstić information content (AvgIpc) is 2.40. The Hall–Kier alpha value is -1.68. The van der Waals surface area contributed by atoms with Crippen molar-refractivity contribution < 1.29 is 0 Å². The van der Waals surface area contributed by atoms with Crippen LogP contribution >= 0.6 is 0 Å². The molecule has 0 saturated carbocycles. The molecule has 0 saturated heterocycles. The molecular weight excluding hydrogens is 198 g/mol. The summed E-state index contributed by atoms with van der Waals surface area (Å²) >= 11 is 0. The van der Waals surface area contributed by atoms with Crippen LogP contribution in [0.15, 0.2) is 60.7 Å². The van der Waals surface area contributed by atoms with Gasteiger partial charge in [0.15, 0.2) is 0 Å². The summed E-state index contributed by atoms with van der Waals surface area (Å²) in [6.45, 7) is 0. The maximum absolute atomic E-state index is 6.30. The van der Waals surface area contributed by atoms with Crippen LogP contribution in [0.25, 0.3) is 0 Å². The van der Waals surface area contributed by atoms with Gasteiger partial charge in [-0.1, -0.05) is 60.7 Å². The lowest BCUT2D eigenvalue weighted by molar-refractivity contribution is 0.427. The van der Waals surface area contributed by atoms with E-state index < -0.39 is 5.66 Å². The third-order valence-electron chi connectivity index (χ3n) is 2.69. The number of hydrogen-bond donors (Lipinski definition) is 3. The Morgan fingerprint density at radius 1 is 0.750 bits per heavy atom. The first-order valence-corrected chi connectivity index (χ1v) is 5.15. The lowest BCUT2D eigenvalue weighted by Crippen LogP contribution is -2.54. The summed E-state index contributed by atoms with van der Waals surface area (Å²) < 4.78 is 0. The monoisotopic (exact) mass is 213 g/mol. The summed E-state index contributed by atoms with van der Waals surface area (Å²) in [5.41, 5.74) is 10.0. The summed E-state index contributed by atoms with van der Waals surface area (Å²) in [6.07, 6.45) is 0. The lowest BCUT2D eigenvalue weighted by Gasteiger charge is -2.29. The Bertz CT molecular complexity index is 400. The van der Waals surface area contributed by atoms with Gasteiger partial charge < -0.3 is 5.73 Å². The zero-order valence-electron chi connectivity index (χ0n) is 8.93. The van der Waals surface area contributed by atoms with Gasteiger partial charge in [0.05, 0.1) is 0 Å². The predicted octanol–water partition coefficient (Wildman–Crippen LogP) is 1.31. The lowest BCUT2D eigenvalue weighted by atomic mass is 9.93. The standard InChI is InChI=1S/C13H15N3/c14-13(16-15,11-7-3-1-4-8-11)12-9-5-2-6-10-12/h1-10,16H,14-15H2. The predicted molar refractivity (Wildman–Crippen MR) is 65.2 cm³/mol. The van der Waals surface area contributed by atoms with E-state index in [1.54, 1.807) is 0 Å². The van der Waals surface area contributed by atoms with Crippen molar-refractivity contribution >= 4 is 0 Å². The Kier molecular flexibility index (Phi) is 3.01. The van der Waals surface area contributed by atoms with Gasteiger partial charge in [-0.15, -0.1) is 0 Å². The van der Waals surface area contributed by atoms with Crippen LogP contribution in [0, 0.1) is 0 Å². The number of hydrogen-bond acceptors (Lipinski definition) is 3. The first-order valence-electron chi connectivity index (χ1n) is 5.15. The van der Waals surface area contributed by atoms with E-state index >= 15 is 0 Å². The normalized spacial score (nSPS) is 11.4. The van der Waals surface area contributed by atoms with E-state index in [0.29, 0.717) is 0 Å². The topological polar surface area (TPSA) is 64.1 Å². The number of nitrogens with one attached hydrogen (secondary N) is 1. The summed E-state index contributed by atoms with van der Waals surface area (Å²) in [6, 6.07) is 19.5. The van der Waals surface area contributed by atoms with Crippen LogP contribution in [0.2, 0.25) is 0 Å². The third-order valence-corrected chi connectivity index (χ3v) is 2.69. The molecule has 16 heavy (non-hydrogen) atoms. The molecule has 0 spiro atoms. The van der Waals surface area contributed by atoms with Gasteiger partial charge in [-0.05, 0) is 11.1 Å². The molecule has 3 heteroatoms. The number of benzene rings is 2. The highest BCUT2D eigenvalue weighted by atomic mass is 15.3. The van der Waals surface area contributed by atoms with Gasteiger partial charge in [0, 0.05) is 0 Å². The number of rotatable bonds is 3. The van der Waals surface area contributed by atoms with Crippen molar-refractivity contribution in [3.05, 3.63) is 71.8 Å². The Morgan fingerprint density at radius 3 is 1.44 bits per heavy atom. The van der Waals surface area contributed by atoms with E-state index in [-0.39, 0.29) is 0 Å². The van der Waals surface area contributed by atoms with Gasteiger partial charge in [0.1, 0.15) is 5.66 Å². The highest BCUT2D eigenvalue weighted by Gasteiger charge is 2.27. The van der Waals surface area contributed by atoms with E-state index in [2.05, 4.69) is 5.43 Å². The van der Waals surface area contributed by atoms with E-state index in [1.807, 2.05) is 60.7 Å². The molecule has 0 aliphatic heterocycles. The molecule has 0 bridgehead atoms. The third kappa shape index (κ3) is 1.84. The van der Waals surface area contributed by atoms with Crippen molar-refractivity contribution in [2.75, 3.05) is 0 Å². The quantitative estimate of drug-likeness (QED) is 0.409. The van der Waals surface area contributed by atoms with Gasteiger partial charge in [-0.25, -0.2) is 5.43 Å². The number of nitrogens with two attached hydrogens (primary N) is 2. The van der Waals surface area contributed by atoms with Crippen molar-refractivity contribution in [3.8, 4) is 0 Å². The first-order chi connectivity index (χ1) is 7.77. The van der Waals surface area contributed by atoms with E-state index in [0.717, 1.165) is 11.1 Å². The molecule has 82 valence electrons. The fourth-order valence-corrected chi connectivity index (χ4v) is 1.74. The zero-order valence-corrected chi connectivity index (χ0v) is 8.93. The largest absolute Gasteiger partial charge is 0.305 e. The molecule has 0 aromatic heterocycles. The molecule has 0 radical (unpaired) electrons. The summed E-state index contributed by atoms with van der Waals surface area (Å²) in [5.74, 6) is 5.60. The fourth-order valence-electron chi connectivity index (χ4n) is 1.74. The second kappa shape index (κ2) is 4.45. The van der Waals surface area contributed by atoms with Crippen molar-refractivity contribution in [3.63, 3.8) is 0 Å². The van der Waals surface area contributed by atoms with Crippen molar-refractivity contribution in [1.29, 1.82) is 0 Å². The van der Waals surface area contributed by atoms with E-state index in [9.17, 15) is 0 Å². The first kappa shape index (κ1) is 10.8. The average molecular weight is 213 g/mol. The highest BCUT2D eigenvalue weighted by Crippen LogP contribution is 2.22. The molecule has 0 amide bonds. The fraction of sp³-hybridized carbons (Fsp3) is 0.0769. The van der Waals surface area contributed by atoms with Gasteiger partial charge >= 0.3 is 0 Å². The van der Waals surface area contributed by atoms with E-state index in [4.69, 9.17) is 11.6 Å². The van der Waals surface area contributed by atoms with Gasteiger partial charge in [0.25, 0.3) is 0 Å². The van der Waals surface area contributed by atoms with Crippen molar-refractivity contribution in [2.24, 2.45) is 11.6 Å². The minimum atomic E-state index is -0.845. The molecule has 2 aromatic carbocycles. The van der Waals surface area contributed by atoms with Crippen LogP contribution in [-0.4, -0.2) is 0 Å². The number of hydrazine groups is 1. The molecular formula is C13H15N3. The van der Waals surface area contributed by atoms with Crippen LogP contribution < -0.4 is 17.0 Å². The molecule has 3 nitrogen and oxygen atoms in total. The van der Waals surface area contributed by atoms with Crippen molar-refractivity contribution in [2.45, 2.75) is 5.66 Å². The molecule has 2 rings (SSSR count). The van der Waals surface area contributed by atoms with Gasteiger partial charge in [-0.2, -0.15) is 0 Å². The van der Waals surface area contributed by atoms with E-state index in [1.165, 1.54) is 0 Å². The van der Waals surface area contributed by atoms with Crippen LogP contribution in [0.1, 0.15) is 11.1 Å². The highest BCUT2D eigenvalue weighted by molar-refractivity contribution is 5.36. The van der Waals surface area contributed by atoms with Crippen LogP contribution in [0.5, 0.6) is 0 Å². The van der Waals surface area contributed by atoms with Gasteiger partial charge in [0.2, 0.25) is 0 Å². The maximum atomic E-state index is 6.30. The van der Waals surface area contributed by atoms with Crippen LogP contribution in [0.3, 0.4) is 0 Å². The molecule has 0 aliphatic rings. The van der Waals surface area contributed by atoms with Crippen molar-refractivity contribution in [1.82, 2.24) is 5.43 Å². The Morgan fingerprint density at radius 2 is 1.12 bits per heavy atom. The molecule has 5 N–H and O–H groups in total. The summed E-state index contributed by atoms with van der Waals surface area (Å²) in [4.78, 5) is 0. The second-order valence-corrected chi connectivity index (χ2v) is 3.68. The minimum Gasteiger partial charge on any atom is -0.305 e. The zero-order chi connectivity index (χ0) is 11.4. The molecule has 0 unspecified atom stereocenters. The molecule has 0 aliphatic carbocycles. The van der Waals surface area contributed by atoms with Crippen LogP contribution in [-0.2, 0) is 5.66 Å². The smallest absolute Gasteiger partial charge is 0.131 e. The Balaban J connectivity index is 2.49. The molecule has 0 atom stereocenters. The SMILES string of the molecule is NNC(N)(c1ccccc1)c1ccccc1. The van der Waals surface area contributed by atoms with Crippen LogP contribution in [0.4, 0.5) is 0 Å². The van der Waals surface area contributed by atoms with Gasteiger partial charge in [-0.3, -0.25) is 5.84 Å². The molecule has 0 heterocycles. The molecule has 0 fully saturated rings. The second-order valence-electron chi connectivity index (χ2n) is 3.68. The summed E-state index contributed by atoms with van der Waals surface area (Å²) in [7, 11) is 0. The summed E-state index contributed by atoms with van der Waals surface area (Å²) in [5, 5.41) is 0. The Labute approximate surface area is 95.1 Å².